The molecule has 1 atom stereocenters. The van der Waals surface area contributed by atoms with E-state index in [2.05, 4.69) is 22.6 Å². The first-order valence-electron chi connectivity index (χ1n) is 7.39. The first-order valence-corrected chi connectivity index (χ1v) is 7.39. The van der Waals surface area contributed by atoms with Crippen molar-refractivity contribution in [1.82, 2.24) is 15.5 Å². The molecule has 0 aromatic heterocycles. The summed E-state index contributed by atoms with van der Waals surface area (Å²) in [5, 5.41) is 6.16. The Hall–Kier alpha value is -1.39. The number of likely N-dealkylation sites (tertiary alicyclic amines) is 1. The number of amides is 1. The lowest BCUT2D eigenvalue weighted by molar-refractivity contribution is 0.0963. The maximum absolute atomic E-state index is 11.4. The van der Waals surface area contributed by atoms with Gasteiger partial charge in [-0.25, -0.2) is 0 Å². The summed E-state index contributed by atoms with van der Waals surface area (Å²) in [6.45, 7) is 4.37. The summed E-state index contributed by atoms with van der Waals surface area (Å²) in [5.74, 6) is 0.730. The molecule has 1 saturated heterocycles. The molecule has 0 aliphatic carbocycles. The van der Waals surface area contributed by atoms with Crippen LogP contribution in [0, 0.1) is 5.92 Å². The van der Waals surface area contributed by atoms with Crippen molar-refractivity contribution < 1.29 is 4.79 Å². The van der Waals surface area contributed by atoms with Gasteiger partial charge in [-0.3, -0.25) is 4.79 Å². The van der Waals surface area contributed by atoms with Crippen molar-refractivity contribution >= 4 is 5.91 Å². The van der Waals surface area contributed by atoms with Gasteiger partial charge in [0.05, 0.1) is 0 Å². The van der Waals surface area contributed by atoms with E-state index in [1.165, 1.54) is 31.5 Å². The molecule has 1 aromatic carbocycles. The van der Waals surface area contributed by atoms with Crippen LogP contribution >= 0.6 is 0 Å². The Kier molecular flexibility index (Phi) is 5.56. The van der Waals surface area contributed by atoms with Crippen LogP contribution in [0.1, 0.15) is 28.8 Å². The van der Waals surface area contributed by atoms with E-state index in [1.807, 2.05) is 24.3 Å². The molecule has 110 valence electrons. The minimum absolute atomic E-state index is 0.0326. The summed E-state index contributed by atoms with van der Waals surface area (Å²) in [5.41, 5.74) is 1.94. The highest BCUT2D eigenvalue weighted by Crippen LogP contribution is 2.14. The molecule has 4 heteroatoms. The number of hydrogen-bond donors (Lipinski definition) is 2. The zero-order valence-corrected chi connectivity index (χ0v) is 12.5. The Morgan fingerprint density at radius 1 is 1.35 bits per heavy atom. The van der Waals surface area contributed by atoms with Gasteiger partial charge in [-0.05, 0) is 56.6 Å². The summed E-state index contributed by atoms with van der Waals surface area (Å²) in [6.07, 6.45) is 2.64. The van der Waals surface area contributed by atoms with E-state index in [4.69, 9.17) is 0 Å². The van der Waals surface area contributed by atoms with E-state index < -0.39 is 0 Å². The van der Waals surface area contributed by atoms with Gasteiger partial charge in [-0.2, -0.15) is 0 Å². The van der Waals surface area contributed by atoms with Crippen molar-refractivity contribution in [3.63, 3.8) is 0 Å². The zero-order valence-electron chi connectivity index (χ0n) is 12.5. The number of nitrogens with zero attached hydrogens (tertiary/aromatic N) is 1. The standard InChI is InChI=1S/C16H25N3O/c1-17-16(20)15-7-5-13(6-8-15)10-18-11-14-4-3-9-19(2)12-14/h5-8,14,18H,3-4,9-12H2,1-2H3,(H,17,20)/t14-/m1/s1. The van der Waals surface area contributed by atoms with Gasteiger partial charge in [-0.15, -0.1) is 0 Å². The minimum Gasteiger partial charge on any atom is -0.355 e. The third kappa shape index (κ3) is 4.32. The van der Waals surface area contributed by atoms with Crippen LogP contribution in [-0.4, -0.2) is 44.5 Å². The summed E-state index contributed by atoms with van der Waals surface area (Å²) < 4.78 is 0. The van der Waals surface area contributed by atoms with E-state index >= 15 is 0 Å². The van der Waals surface area contributed by atoms with Gasteiger partial charge in [0.15, 0.2) is 0 Å². The molecule has 1 aliphatic heterocycles. The molecule has 1 aliphatic rings. The predicted octanol–water partition coefficient (Wildman–Crippen LogP) is 1.48. The third-order valence-corrected chi connectivity index (χ3v) is 3.93. The average molecular weight is 275 g/mol. The molecule has 0 unspecified atom stereocenters. The molecule has 0 saturated carbocycles. The van der Waals surface area contributed by atoms with Crippen LogP contribution < -0.4 is 10.6 Å². The maximum Gasteiger partial charge on any atom is 0.251 e. The van der Waals surface area contributed by atoms with Gasteiger partial charge >= 0.3 is 0 Å². The number of carbonyl (C=O) groups excluding carboxylic acids is 1. The van der Waals surface area contributed by atoms with E-state index in [0.29, 0.717) is 5.56 Å². The molecule has 1 fully saturated rings. The Labute approximate surface area is 121 Å². The molecule has 0 bridgehead atoms. The highest BCUT2D eigenvalue weighted by Gasteiger charge is 2.16. The zero-order chi connectivity index (χ0) is 14.4. The van der Waals surface area contributed by atoms with Crippen LogP contribution in [-0.2, 0) is 6.54 Å². The Morgan fingerprint density at radius 2 is 2.10 bits per heavy atom. The minimum atomic E-state index is -0.0326. The summed E-state index contributed by atoms with van der Waals surface area (Å²) in [7, 11) is 3.85. The van der Waals surface area contributed by atoms with Crippen molar-refractivity contribution in [2.45, 2.75) is 19.4 Å². The van der Waals surface area contributed by atoms with Gasteiger partial charge < -0.3 is 15.5 Å². The predicted molar refractivity (Wildman–Crippen MR) is 81.8 cm³/mol. The molecule has 1 heterocycles. The Bertz CT molecular complexity index is 430. The second kappa shape index (κ2) is 7.41. The van der Waals surface area contributed by atoms with Crippen LogP contribution in [0.4, 0.5) is 0 Å². The molecule has 1 aromatic rings. The molecular formula is C16H25N3O. The van der Waals surface area contributed by atoms with Crippen LogP contribution in [0.3, 0.4) is 0 Å². The maximum atomic E-state index is 11.4. The third-order valence-electron chi connectivity index (χ3n) is 3.93. The van der Waals surface area contributed by atoms with Gasteiger partial charge in [0, 0.05) is 25.7 Å². The molecule has 1 amide bonds. The molecule has 2 rings (SSSR count). The van der Waals surface area contributed by atoms with E-state index in [1.54, 1.807) is 7.05 Å². The fraction of sp³-hybridized carbons (Fsp3) is 0.562. The number of benzene rings is 1. The fourth-order valence-electron chi connectivity index (χ4n) is 2.78. The largest absolute Gasteiger partial charge is 0.355 e. The molecule has 2 N–H and O–H groups in total. The number of piperidine rings is 1. The van der Waals surface area contributed by atoms with Gasteiger partial charge in [-0.1, -0.05) is 12.1 Å². The van der Waals surface area contributed by atoms with Crippen molar-refractivity contribution in [2.24, 2.45) is 5.92 Å². The number of hydrogen-bond acceptors (Lipinski definition) is 3. The van der Waals surface area contributed by atoms with Gasteiger partial charge in [0.2, 0.25) is 0 Å². The second-order valence-corrected chi connectivity index (χ2v) is 5.68. The smallest absolute Gasteiger partial charge is 0.251 e. The molecule has 4 nitrogen and oxygen atoms in total. The molecule has 0 radical (unpaired) electrons. The lowest BCUT2D eigenvalue weighted by atomic mass is 9.98. The Morgan fingerprint density at radius 3 is 2.75 bits per heavy atom. The topological polar surface area (TPSA) is 44.4 Å². The highest BCUT2D eigenvalue weighted by atomic mass is 16.1. The van der Waals surface area contributed by atoms with E-state index in [0.717, 1.165) is 19.0 Å². The van der Waals surface area contributed by atoms with Crippen LogP contribution in [0.5, 0.6) is 0 Å². The summed E-state index contributed by atoms with van der Waals surface area (Å²) >= 11 is 0. The lowest BCUT2D eigenvalue weighted by Gasteiger charge is -2.29. The fourth-order valence-corrected chi connectivity index (χ4v) is 2.78. The quantitative estimate of drug-likeness (QED) is 0.855. The average Bonchev–Trinajstić information content (AvgIpc) is 2.47. The van der Waals surface area contributed by atoms with Crippen molar-refractivity contribution in [1.29, 1.82) is 0 Å². The second-order valence-electron chi connectivity index (χ2n) is 5.68. The van der Waals surface area contributed by atoms with Crippen LogP contribution in [0.2, 0.25) is 0 Å². The van der Waals surface area contributed by atoms with Crippen LogP contribution in [0.25, 0.3) is 0 Å². The van der Waals surface area contributed by atoms with Crippen LogP contribution in [0.15, 0.2) is 24.3 Å². The SMILES string of the molecule is CNC(=O)c1ccc(CNC[C@H]2CCCN(C)C2)cc1. The van der Waals surface area contributed by atoms with E-state index in [9.17, 15) is 4.79 Å². The first kappa shape index (κ1) is 15.0. The monoisotopic (exact) mass is 275 g/mol. The van der Waals surface area contributed by atoms with Gasteiger partial charge in [0.1, 0.15) is 0 Å². The number of rotatable bonds is 5. The van der Waals surface area contributed by atoms with E-state index in [-0.39, 0.29) is 5.91 Å². The lowest BCUT2D eigenvalue weighted by Crippen LogP contribution is -2.37. The Balaban J connectivity index is 1.75. The van der Waals surface area contributed by atoms with Crippen molar-refractivity contribution in [3.8, 4) is 0 Å². The molecular weight excluding hydrogens is 250 g/mol. The number of carbonyl (C=O) groups is 1. The normalized spacial score (nSPS) is 19.8. The summed E-state index contributed by atoms with van der Waals surface area (Å²) in [4.78, 5) is 13.9. The van der Waals surface area contributed by atoms with Crippen molar-refractivity contribution in [3.05, 3.63) is 35.4 Å². The number of nitrogens with one attached hydrogen (secondary N) is 2. The molecule has 20 heavy (non-hydrogen) atoms. The first-order chi connectivity index (χ1) is 9.69. The van der Waals surface area contributed by atoms with Crippen molar-refractivity contribution in [2.75, 3.05) is 33.7 Å². The molecule has 0 spiro atoms. The summed E-state index contributed by atoms with van der Waals surface area (Å²) in [6, 6.07) is 7.80. The highest BCUT2D eigenvalue weighted by molar-refractivity contribution is 5.93. The van der Waals surface area contributed by atoms with Gasteiger partial charge in [0.25, 0.3) is 5.91 Å².